The van der Waals surface area contributed by atoms with Gasteiger partial charge in [-0.3, -0.25) is 9.55 Å². The number of aryl methyl sites for hydroxylation is 1. The van der Waals surface area contributed by atoms with Crippen molar-refractivity contribution >= 4 is 5.82 Å². The molecule has 0 radical (unpaired) electrons. The van der Waals surface area contributed by atoms with Crippen molar-refractivity contribution in [2.75, 3.05) is 18.5 Å². The van der Waals surface area contributed by atoms with Crippen molar-refractivity contribution in [3.8, 4) is 17.4 Å². The molecule has 156 valence electrons. The Morgan fingerprint density at radius 3 is 2.60 bits per heavy atom. The minimum Gasteiger partial charge on any atom is -0.473 e. The van der Waals surface area contributed by atoms with Crippen LogP contribution in [0.3, 0.4) is 0 Å². The highest BCUT2D eigenvalue weighted by Gasteiger charge is 2.18. The van der Waals surface area contributed by atoms with Crippen molar-refractivity contribution in [2.24, 2.45) is 0 Å². The summed E-state index contributed by atoms with van der Waals surface area (Å²) in [6.07, 6.45) is 2.25. The van der Waals surface area contributed by atoms with E-state index in [0.29, 0.717) is 12.4 Å². The Morgan fingerprint density at radius 1 is 1.13 bits per heavy atom. The number of nitrogens with zero attached hydrogens (tertiary/aromatic N) is 4. The van der Waals surface area contributed by atoms with Gasteiger partial charge in [0, 0.05) is 31.9 Å². The van der Waals surface area contributed by atoms with Gasteiger partial charge in [-0.1, -0.05) is 0 Å². The van der Waals surface area contributed by atoms with E-state index in [1.807, 2.05) is 11.9 Å². The van der Waals surface area contributed by atoms with Crippen LogP contribution in [0.25, 0.3) is 0 Å². The summed E-state index contributed by atoms with van der Waals surface area (Å²) in [6, 6.07) is 7.15. The average molecular weight is 414 g/mol. The molecule has 0 aliphatic carbocycles. The van der Waals surface area contributed by atoms with E-state index in [9.17, 15) is 13.6 Å². The van der Waals surface area contributed by atoms with Gasteiger partial charge in [-0.25, -0.2) is 13.6 Å². The van der Waals surface area contributed by atoms with Crippen molar-refractivity contribution in [1.82, 2.24) is 14.5 Å². The van der Waals surface area contributed by atoms with Gasteiger partial charge < -0.3 is 14.4 Å². The molecule has 0 unspecified atom stereocenters. The van der Waals surface area contributed by atoms with Gasteiger partial charge >= 0.3 is 5.69 Å². The van der Waals surface area contributed by atoms with Gasteiger partial charge in [-0.2, -0.15) is 4.98 Å². The Kier molecular flexibility index (Phi) is 5.35. The lowest BCUT2D eigenvalue weighted by molar-refractivity contribution is 0.288. The summed E-state index contributed by atoms with van der Waals surface area (Å²) in [5.41, 5.74) is 0.589. The summed E-state index contributed by atoms with van der Waals surface area (Å²) in [5, 5.41) is 0. The van der Waals surface area contributed by atoms with Gasteiger partial charge in [0.05, 0.1) is 6.20 Å². The number of anilines is 1. The molecule has 4 rings (SSSR count). The molecular formula is C21H20F2N4O3. The third-order valence-corrected chi connectivity index (χ3v) is 4.78. The maximum Gasteiger partial charge on any atom is 0.352 e. The van der Waals surface area contributed by atoms with E-state index in [2.05, 4.69) is 9.97 Å². The molecule has 9 heteroatoms. The zero-order valence-corrected chi connectivity index (χ0v) is 16.6. The quantitative estimate of drug-likeness (QED) is 0.637. The molecule has 2 aromatic heterocycles. The van der Waals surface area contributed by atoms with E-state index in [1.54, 1.807) is 29.7 Å². The number of ether oxygens (including phenoxy) is 2. The van der Waals surface area contributed by atoms with E-state index < -0.39 is 23.1 Å². The van der Waals surface area contributed by atoms with Gasteiger partial charge in [0.25, 0.3) is 0 Å². The molecule has 0 fully saturated rings. The molecule has 0 amide bonds. The minimum absolute atomic E-state index is 0.104. The lowest BCUT2D eigenvalue weighted by atomic mass is 10.2. The van der Waals surface area contributed by atoms with Crippen molar-refractivity contribution < 1.29 is 18.3 Å². The predicted molar refractivity (Wildman–Crippen MR) is 106 cm³/mol. The van der Waals surface area contributed by atoms with E-state index in [-0.39, 0.29) is 23.8 Å². The number of pyridine rings is 1. The zero-order chi connectivity index (χ0) is 21.3. The molecule has 0 atom stereocenters. The van der Waals surface area contributed by atoms with Crippen LogP contribution in [0.15, 0.2) is 41.3 Å². The highest BCUT2D eigenvalue weighted by Crippen LogP contribution is 2.29. The molecule has 1 aliphatic rings. The van der Waals surface area contributed by atoms with Crippen LogP contribution < -0.4 is 20.1 Å². The molecule has 7 nitrogen and oxygen atoms in total. The third kappa shape index (κ3) is 4.10. The number of aromatic nitrogens is 3. The number of rotatable bonds is 5. The molecule has 0 spiro atoms. The molecule has 0 saturated carbocycles. The van der Waals surface area contributed by atoms with Crippen LogP contribution in [0.1, 0.15) is 17.7 Å². The molecule has 3 aromatic rings. The first kappa shape index (κ1) is 19.8. The van der Waals surface area contributed by atoms with E-state index in [4.69, 9.17) is 9.47 Å². The van der Waals surface area contributed by atoms with Gasteiger partial charge in [-0.15, -0.1) is 0 Å². The fourth-order valence-corrected chi connectivity index (χ4v) is 3.24. The molecule has 1 aromatic carbocycles. The number of fused-ring (bicyclic) bond motifs is 1. The van der Waals surface area contributed by atoms with Crippen LogP contribution >= 0.6 is 0 Å². The Labute approximate surface area is 171 Å². The van der Waals surface area contributed by atoms with E-state index >= 15 is 0 Å². The van der Waals surface area contributed by atoms with Crippen LogP contribution in [0.4, 0.5) is 14.6 Å². The van der Waals surface area contributed by atoms with E-state index in [1.165, 1.54) is 6.20 Å². The van der Waals surface area contributed by atoms with Crippen LogP contribution in [-0.2, 0) is 13.2 Å². The Morgan fingerprint density at radius 2 is 1.90 bits per heavy atom. The normalized spacial score (nSPS) is 13.1. The Bertz CT molecular complexity index is 1110. The SMILES string of the molecule is Cc1ccc(Oc2c(F)cc(COc3cc4n(c(=O)n3)CCCN4C)cc2F)cn1. The topological polar surface area (TPSA) is 69.5 Å². The van der Waals surface area contributed by atoms with Crippen molar-refractivity contribution in [3.05, 3.63) is 69.9 Å². The predicted octanol–water partition coefficient (Wildman–Crippen LogP) is 3.44. The Hall–Kier alpha value is -3.49. The highest BCUT2D eigenvalue weighted by molar-refractivity contribution is 5.42. The Balaban J connectivity index is 1.51. The number of benzene rings is 1. The third-order valence-electron chi connectivity index (χ3n) is 4.78. The standard InChI is InChI=1S/C21H20F2N4O3/c1-13-4-5-15(11-24-13)30-20-16(22)8-14(9-17(20)23)12-29-18-10-19-26(2)6-3-7-27(19)21(28)25-18/h4-5,8-11H,3,6-7,12H2,1-2H3. The summed E-state index contributed by atoms with van der Waals surface area (Å²) in [5.74, 6) is -1.22. The minimum atomic E-state index is -0.868. The molecule has 3 heterocycles. The lowest BCUT2D eigenvalue weighted by Crippen LogP contribution is -2.36. The van der Waals surface area contributed by atoms with Crippen LogP contribution in [-0.4, -0.2) is 28.1 Å². The molecule has 0 N–H and O–H groups in total. The van der Waals surface area contributed by atoms with Gasteiger partial charge in [-0.05, 0) is 43.2 Å². The highest BCUT2D eigenvalue weighted by atomic mass is 19.1. The molecular weight excluding hydrogens is 394 g/mol. The monoisotopic (exact) mass is 414 g/mol. The summed E-state index contributed by atoms with van der Waals surface area (Å²) in [4.78, 5) is 22.1. The maximum absolute atomic E-state index is 14.4. The maximum atomic E-state index is 14.4. The fourth-order valence-electron chi connectivity index (χ4n) is 3.24. The first-order chi connectivity index (χ1) is 14.4. The average Bonchev–Trinajstić information content (AvgIpc) is 2.71. The summed E-state index contributed by atoms with van der Waals surface area (Å²) in [6.45, 7) is 3.06. The number of halogens is 2. The second kappa shape index (κ2) is 8.10. The molecule has 1 aliphatic heterocycles. The van der Waals surface area contributed by atoms with Gasteiger partial charge in [0.2, 0.25) is 5.88 Å². The van der Waals surface area contributed by atoms with Crippen LogP contribution in [0.2, 0.25) is 0 Å². The molecule has 0 saturated heterocycles. The second-order valence-corrected chi connectivity index (χ2v) is 7.08. The first-order valence-corrected chi connectivity index (χ1v) is 9.45. The lowest BCUT2D eigenvalue weighted by Gasteiger charge is -2.28. The smallest absolute Gasteiger partial charge is 0.352 e. The fraction of sp³-hybridized carbons (Fsp3) is 0.286. The largest absolute Gasteiger partial charge is 0.473 e. The summed E-state index contributed by atoms with van der Waals surface area (Å²) < 4.78 is 41.2. The number of hydrogen-bond donors (Lipinski definition) is 0. The molecule has 0 bridgehead atoms. The number of hydrogen-bond acceptors (Lipinski definition) is 6. The van der Waals surface area contributed by atoms with Crippen LogP contribution in [0, 0.1) is 18.6 Å². The summed E-state index contributed by atoms with van der Waals surface area (Å²) >= 11 is 0. The summed E-state index contributed by atoms with van der Waals surface area (Å²) in [7, 11) is 1.88. The van der Waals surface area contributed by atoms with Crippen molar-refractivity contribution in [3.63, 3.8) is 0 Å². The van der Waals surface area contributed by atoms with Crippen molar-refractivity contribution in [1.29, 1.82) is 0 Å². The molecule has 30 heavy (non-hydrogen) atoms. The van der Waals surface area contributed by atoms with E-state index in [0.717, 1.165) is 30.8 Å². The van der Waals surface area contributed by atoms with Crippen molar-refractivity contribution in [2.45, 2.75) is 26.5 Å². The van der Waals surface area contributed by atoms with Gasteiger partial charge in [0.1, 0.15) is 18.2 Å². The van der Waals surface area contributed by atoms with Crippen LogP contribution in [0.5, 0.6) is 17.4 Å². The second-order valence-electron chi connectivity index (χ2n) is 7.08. The van der Waals surface area contributed by atoms with Gasteiger partial charge in [0.15, 0.2) is 17.4 Å². The first-order valence-electron chi connectivity index (χ1n) is 9.45. The zero-order valence-electron chi connectivity index (χ0n) is 16.6.